The quantitative estimate of drug-likeness (QED) is 0.626. The Morgan fingerprint density at radius 3 is 2.61 bits per heavy atom. The van der Waals surface area contributed by atoms with E-state index in [9.17, 15) is 9.59 Å². The maximum atomic E-state index is 13.3. The van der Waals surface area contributed by atoms with Crippen molar-refractivity contribution in [1.29, 1.82) is 0 Å². The van der Waals surface area contributed by atoms with Gasteiger partial charge in [0, 0.05) is 19.5 Å². The van der Waals surface area contributed by atoms with Crippen LogP contribution in [0.25, 0.3) is 0 Å². The summed E-state index contributed by atoms with van der Waals surface area (Å²) in [7, 11) is 0. The third-order valence-electron chi connectivity index (χ3n) is 5.44. The van der Waals surface area contributed by atoms with Crippen molar-refractivity contribution in [2.45, 2.75) is 59.0 Å². The number of ether oxygens (including phenoxy) is 2. The Morgan fingerprint density at radius 1 is 1.06 bits per heavy atom. The maximum absolute atomic E-state index is 13.3. The zero-order valence-electron chi connectivity index (χ0n) is 18.6. The molecule has 6 heteroatoms. The summed E-state index contributed by atoms with van der Waals surface area (Å²) in [4.78, 5) is 27.8. The minimum Gasteiger partial charge on any atom is -0.454 e. The van der Waals surface area contributed by atoms with Gasteiger partial charge in [-0.1, -0.05) is 49.7 Å². The lowest BCUT2D eigenvalue weighted by atomic mass is 10.0. The molecule has 0 saturated carbocycles. The second kappa shape index (κ2) is 10.8. The van der Waals surface area contributed by atoms with Crippen LogP contribution in [0.1, 0.15) is 49.8 Å². The largest absolute Gasteiger partial charge is 0.454 e. The summed E-state index contributed by atoms with van der Waals surface area (Å²) < 4.78 is 10.8. The number of nitrogens with one attached hydrogen (secondary N) is 1. The van der Waals surface area contributed by atoms with Crippen molar-refractivity contribution in [3.63, 3.8) is 0 Å². The Hall–Kier alpha value is -3.02. The lowest BCUT2D eigenvalue weighted by Gasteiger charge is -2.31. The highest BCUT2D eigenvalue weighted by atomic mass is 16.7. The number of benzene rings is 2. The summed E-state index contributed by atoms with van der Waals surface area (Å²) >= 11 is 0. The first-order valence-electron chi connectivity index (χ1n) is 11.0. The number of aryl methyl sites for hydroxylation is 2. The smallest absolute Gasteiger partial charge is 0.242 e. The predicted octanol–water partition coefficient (Wildman–Crippen LogP) is 3.99. The molecular formula is C25H32N2O4. The van der Waals surface area contributed by atoms with Crippen LogP contribution in [0.2, 0.25) is 0 Å². The summed E-state index contributed by atoms with van der Waals surface area (Å²) in [6.07, 6.45) is 2.32. The van der Waals surface area contributed by atoms with E-state index in [-0.39, 0.29) is 18.6 Å². The summed E-state index contributed by atoms with van der Waals surface area (Å²) in [5.74, 6) is 1.33. The van der Waals surface area contributed by atoms with E-state index >= 15 is 0 Å². The molecule has 1 unspecified atom stereocenters. The topological polar surface area (TPSA) is 67.9 Å². The minimum atomic E-state index is -0.490. The second-order valence-corrected chi connectivity index (χ2v) is 7.91. The van der Waals surface area contributed by atoms with Crippen LogP contribution in [0.15, 0.2) is 42.5 Å². The molecule has 0 aliphatic carbocycles. The van der Waals surface area contributed by atoms with Crippen molar-refractivity contribution in [2.75, 3.05) is 13.3 Å². The van der Waals surface area contributed by atoms with E-state index < -0.39 is 6.04 Å². The molecule has 1 atom stereocenters. The highest BCUT2D eigenvalue weighted by Crippen LogP contribution is 2.32. The van der Waals surface area contributed by atoms with Gasteiger partial charge in [-0.25, -0.2) is 0 Å². The molecule has 0 spiro atoms. The Kier molecular flexibility index (Phi) is 7.93. The van der Waals surface area contributed by atoms with Crippen molar-refractivity contribution in [2.24, 2.45) is 0 Å². The Morgan fingerprint density at radius 2 is 1.87 bits per heavy atom. The van der Waals surface area contributed by atoms with Crippen LogP contribution in [-0.4, -0.2) is 36.1 Å². The Balaban J connectivity index is 1.74. The van der Waals surface area contributed by atoms with Gasteiger partial charge in [0.15, 0.2) is 11.5 Å². The number of fused-ring (bicyclic) bond motifs is 1. The number of nitrogens with zero attached hydrogens (tertiary/aromatic N) is 1. The van der Waals surface area contributed by atoms with Crippen LogP contribution < -0.4 is 14.8 Å². The third-order valence-corrected chi connectivity index (χ3v) is 5.44. The van der Waals surface area contributed by atoms with E-state index in [1.807, 2.05) is 57.2 Å². The van der Waals surface area contributed by atoms with Gasteiger partial charge in [-0.2, -0.15) is 0 Å². The van der Waals surface area contributed by atoms with Crippen LogP contribution in [-0.2, 0) is 22.6 Å². The van der Waals surface area contributed by atoms with Crippen LogP contribution in [0.5, 0.6) is 11.5 Å². The van der Waals surface area contributed by atoms with Gasteiger partial charge >= 0.3 is 0 Å². The molecule has 0 radical (unpaired) electrons. The normalized spacial score (nSPS) is 13.0. The number of hydrogen-bond acceptors (Lipinski definition) is 4. The van der Waals surface area contributed by atoms with Crippen molar-refractivity contribution in [3.05, 3.63) is 59.2 Å². The van der Waals surface area contributed by atoms with E-state index in [2.05, 4.69) is 11.4 Å². The van der Waals surface area contributed by atoms with E-state index in [1.54, 1.807) is 4.90 Å². The van der Waals surface area contributed by atoms with Crippen molar-refractivity contribution >= 4 is 11.8 Å². The Labute approximate surface area is 184 Å². The molecule has 1 aliphatic heterocycles. The van der Waals surface area contributed by atoms with Gasteiger partial charge < -0.3 is 19.7 Å². The van der Waals surface area contributed by atoms with E-state index in [0.717, 1.165) is 28.9 Å². The van der Waals surface area contributed by atoms with Crippen LogP contribution in [0, 0.1) is 6.92 Å². The second-order valence-electron chi connectivity index (χ2n) is 7.91. The fourth-order valence-electron chi connectivity index (χ4n) is 3.78. The molecule has 1 N–H and O–H groups in total. The number of rotatable bonds is 10. The molecule has 1 heterocycles. The molecule has 6 nitrogen and oxygen atoms in total. The molecule has 0 bridgehead atoms. The van der Waals surface area contributed by atoms with Crippen molar-refractivity contribution in [3.8, 4) is 11.5 Å². The third kappa shape index (κ3) is 6.00. The fraction of sp³-hybridized carbons (Fsp3) is 0.440. The molecule has 0 fully saturated rings. The molecular weight excluding hydrogens is 392 g/mol. The highest BCUT2D eigenvalue weighted by molar-refractivity contribution is 5.87. The SMILES string of the molecule is CCCNC(=O)C(CC)N(Cc1cccc(C)c1)C(=O)CCc1ccc2c(c1)OCO2. The van der Waals surface area contributed by atoms with Gasteiger partial charge in [0.2, 0.25) is 18.6 Å². The average molecular weight is 425 g/mol. The molecule has 2 amide bonds. The van der Waals surface area contributed by atoms with Gasteiger partial charge in [-0.05, 0) is 49.4 Å². The Bertz CT molecular complexity index is 912. The predicted molar refractivity (Wildman–Crippen MR) is 120 cm³/mol. The van der Waals surface area contributed by atoms with Crippen LogP contribution >= 0.6 is 0 Å². The minimum absolute atomic E-state index is 0.0299. The molecule has 3 rings (SSSR count). The molecule has 166 valence electrons. The summed E-state index contributed by atoms with van der Waals surface area (Å²) in [5, 5.41) is 2.95. The van der Waals surface area contributed by atoms with Gasteiger partial charge in [-0.15, -0.1) is 0 Å². The lowest BCUT2D eigenvalue weighted by Crippen LogP contribution is -2.49. The van der Waals surface area contributed by atoms with Gasteiger partial charge in [0.1, 0.15) is 6.04 Å². The number of carbonyl (C=O) groups is 2. The van der Waals surface area contributed by atoms with Crippen LogP contribution in [0.4, 0.5) is 0 Å². The first-order valence-corrected chi connectivity index (χ1v) is 11.0. The summed E-state index contributed by atoms with van der Waals surface area (Å²) in [6, 6.07) is 13.3. The monoisotopic (exact) mass is 424 g/mol. The van der Waals surface area contributed by atoms with E-state index in [1.165, 1.54) is 0 Å². The molecule has 2 aromatic rings. The van der Waals surface area contributed by atoms with E-state index in [0.29, 0.717) is 38.1 Å². The number of hydrogen-bond donors (Lipinski definition) is 1. The fourth-order valence-corrected chi connectivity index (χ4v) is 3.78. The zero-order valence-corrected chi connectivity index (χ0v) is 18.6. The summed E-state index contributed by atoms with van der Waals surface area (Å²) in [6.45, 7) is 7.25. The molecule has 1 aliphatic rings. The highest BCUT2D eigenvalue weighted by Gasteiger charge is 2.28. The van der Waals surface area contributed by atoms with E-state index in [4.69, 9.17) is 9.47 Å². The van der Waals surface area contributed by atoms with Crippen LogP contribution in [0.3, 0.4) is 0 Å². The first-order chi connectivity index (χ1) is 15.0. The van der Waals surface area contributed by atoms with Crippen molar-refractivity contribution in [1.82, 2.24) is 10.2 Å². The molecule has 0 saturated heterocycles. The van der Waals surface area contributed by atoms with Crippen molar-refractivity contribution < 1.29 is 19.1 Å². The molecule has 31 heavy (non-hydrogen) atoms. The zero-order chi connectivity index (χ0) is 22.2. The number of amides is 2. The van der Waals surface area contributed by atoms with Gasteiger partial charge in [-0.3, -0.25) is 9.59 Å². The number of carbonyl (C=O) groups excluding carboxylic acids is 2. The lowest BCUT2D eigenvalue weighted by molar-refractivity contribution is -0.141. The van der Waals surface area contributed by atoms with Gasteiger partial charge in [0.25, 0.3) is 0 Å². The first kappa shape index (κ1) is 22.7. The maximum Gasteiger partial charge on any atom is 0.242 e. The van der Waals surface area contributed by atoms with Gasteiger partial charge in [0.05, 0.1) is 0 Å². The standard InChI is InChI=1S/C25H32N2O4/c1-4-13-26-25(29)21(5-2)27(16-20-8-6-7-18(3)14-20)24(28)12-10-19-9-11-22-23(15-19)31-17-30-22/h6-9,11,14-15,21H,4-5,10,12-13,16-17H2,1-3H3,(H,26,29). The average Bonchev–Trinajstić information content (AvgIpc) is 3.23. The molecule has 0 aromatic heterocycles. The summed E-state index contributed by atoms with van der Waals surface area (Å²) in [5.41, 5.74) is 3.17. The molecule has 2 aromatic carbocycles.